The number of hydrogen-bond donors (Lipinski definition) is 1. The van der Waals surface area contributed by atoms with Crippen LogP contribution in [0.5, 0.6) is 0 Å². The third-order valence-corrected chi connectivity index (χ3v) is 1.82. The molecule has 0 saturated carbocycles. The molecule has 0 saturated heterocycles. The molecule has 1 heterocycles. The van der Waals surface area contributed by atoms with Crippen molar-refractivity contribution in [3.8, 4) is 0 Å². The van der Waals surface area contributed by atoms with Gasteiger partial charge >= 0.3 is 0 Å². The normalized spacial score (nSPS) is 13.4. The van der Waals surface area contributed by atoms with Crippen LogP contribution in [0.1, 0.15) is 20.3 Å². The average molecular weight is 135 g/mol. The molecule has 1 N–H and O–H groups in total. The molecule has 1 rings (SSSR count). The molecule has 0 radical (unpaired) electrons. The first-order chi connectivity index (χ1) is 4.75. The standard InChI is InChI=1S/C9H13N/c1-4-7(2)9-5-6-10-8(9)3/h5-6,10H,3-4H2,1-2H3/b9-7-. The minimum Gasteiger partial charge on any atom is -0.362 e. The van der Waals surface area contributed by atoms with E-state index in [2.05, 4.69) is 31.5 Å². The first kappa shape index (κ1) is 7.13. The van der Waals surface area contributed by atoms with Crippen LogP contribution in [-0.4, -0.2) is 4.98 Å². The van der Waals surface area contributed by atoms with Crippen LogP contribution < -0.4 is 10.6 Å². The van der Waals surface area contributed by atoms with Gasteiger partial charge in [-0.3, -0.25) is 0 Å². The Morgan fingerprint density at radius 1 is 1.70 bits per heavy atom. The summed E-state index contributed by atoms with van der Waals surface area (Å²) in [5.74, 6) is 0. The fourth-order valence-electron chi connectivity index (χ4n) is 0.994. The number of nitrogens with one attached hydrogen (secondary N) is 1. The Labute approximate surface area is 61.1 Å². The van der Waals surface area contributed by atoms with Gasteiger partial charge in [0.25, 0.3) is 0 Å². The molecule has 0 atom stereocenters. The maximum absolute atomic E-state index is 3.87. The second-order valence-electron chi connectivity index (χ2n) is 2.50. The predicted molar refractivity (Wildman–Crippen MR) is 44.9 cm³/mol. The minimum absolute atomic E-state index is 1.03. The lowest BCUT2D eigenvalue weighted by atomic mass is 10.2. The molecule has 1 nitrogen and oxygen atoms in total. The lowest BCUT2D eigenvalue weighted by Gasteiger charge is -1.89. The maximum Gasteiger partial charge on any atom is 0.0380 e. The van der Waals surface area contributed by atoms with E-state index in [-0.39, 0.29) is 0 Å². The summed E-state index contributed by atoms with van der Waals surface area (Å²) in [6.07, 6.45) is 3.02. The molecule has 1 aromatic heterocycles. The summed E-state index contributed by atoms with van der Waals surface area (Å²) in [6, 6.07) is 2.07. The van der Waals surface area contributed by atoms with E-state index in [9.17, 15) is 0 Å². The Bertz CT molecular complexity index is 306. The predicted octanol–water partition coefficient (Wildman–Crippen LogP) is 1.01. The van der Waals surface area contributed by atoms with Crippen LogP contribution in [0.25, 0.3) is 12.2 Å². The van der Waals surface area contributed by atoms with E-state index in [0.717, 1.165) is 11.8 Å². The summed E-state index contributed by atoms with van der Waals surface area (Å²) in [5.41, 5.74) is 1.39. The van der Waals surface area contributed by atoms with Crippen molar-refractivity contribution in [2.24, 2.45) is 0 Å². The number of aromatic nitrogens is 1. The fourth-order valence-corrected chi connectivity index (χ4v) is 0.994. The molecule has 0 bridgehead atoms. The molecule has 0 spiro atoms. The Hall–Kier alpha value is -0.980. The summed E-state index contributed by atoms with van der Waals surface area (Å²) >= 11 is 0. The van der Waals surface area contributed by atoms with E-state index in [1.54, 1.807) is 0 Å². The highest BCUT2D eigenvalue weighted by molar-refractivity contribution is 5.40. The van der Waals surface area contributed by atoms with E-state index in [0.29, 0.717) is 0 Å². The second-order valence-corrected chi connectivity index (χ2v) is 2.50. The molecule has 0 amide bonds. The first-order valence-electron chi connectivity index (χ1n) is 3.57. The van der Waals surface area contributed by atoms with Gasteiger partial charge in [0.15, 0.2) is 0 Å². The highest BCUT2D eigenvalue weighted by Crippen LogP contribution is 1.93. The molecule has 0 aliphatic carbocycles. The zero-order valence-corrected chi connectivity index (χ0v) is 6.57. The quantitative estimate of drug-likeness (QED) is 0.591. The van der Waals surface area contributed by atoms with Gasteiger partial charge in [0, 0.05) is 11.5 Å². The lowest BCUT2D eigenvalue weighted by molar-refractivity contribution is 1.20. The van der Waals surface area contributed by atoms with Crippen LogP contribution in [0.15, 0.2) is 12.3 Å². The fraction of sp³-hybridized carbons (Fsp3) is 0.333. The van der Waals surface area contributed by atoms with Crippen molar-refractivity contribution in [2.45, 2.75) is 20.3 Å². The topological polar surface area (TPSA) is 15.8 Å². The van der Waals surface area contributed by atoms with Gasteiger partial charge in [-0.05, 0) is 24.6 Å². The summed E-state index contributed by atoms with van der Waals surface area (Å²) < 4.78 is 0. The summed E-state index contributed by atoms with van der Waals surface area (Å²) in [4.78, 5) is 3.05. The van der Waals surface area contributed by atoms with Gasteiger partial charge in [-0.2, -0.15) is 0 Å². The summed E-state index contributed by atoms with van der Waals surface area (Å²) in [7, 11) is 0. The van der Waals surface area contributed by atoms with E-state index >= 15 is 0 Å². The molecule has 0 unspecified atom stereocenters. The molecule has 0 aliphatic rings. The van der Waals surface area contributed by atoms with Crippen molar-refractivity contribution in [1.29, 1.82) is 0 Å². The molecule has 1 aromatic rings. The van der Waals surface area contributed by atoms with Crippen LogP contribution in [0.4, 0.5) is 0 Å². The highest BCUT2D eigenvalue weighted by atomic mass is 14.6. The molecular weight excluding hydrogens is 122 g/mol. The molecule has 0 aliphatic heterocycles. The number of aromatic amines is 1. The van der Waals surface area contributed by atoms with E-state index < -0.39 is 0 Å². The maximum atomic E-state index is 3.87. The first-order valence-corrected chi connectivity index (χ1v) is 3.57. The van der Waals surface area contributed by atoms with Crippen LogP contribution in [0.2, 0.25) is 0 Å². The van der Waals surface area contributed by atoms with Gasteiger partial charge < -0.3 is 4.98 Å². The van der Waals surface area contributed by atoms with Crippen molar-refractivity contribution >= 4 is 12.2 Å². The Morgan fingerprint density at radius 2 is 2.40 bits per heavy atom. The smallest absolute Gasteiger partial charge is 0.0380 e. The Morgan fingerprint density at radius 3 is 2.80 bits per heavy atom. The van der Waals surface area contributed by atoms with Gasteiger partial charge in [-0.15, -0.1) is 0 Å². The third kappa shape index (κ3) is 1.13. The monoisotopic (exact) mass is 135 g/mol. The molecule has 1 heteroatoms. The van der Waals surface area contributed by atoms with Crippen LogP contribution in [-0.2, 0) is 0 Å². The van der Waals surface area contributed by atoms with Gasteiger partial charge in [0.05, 0.1) is 0 Å². The Balaban J connectivity index is 3.40. The Kier molecular flexibility index (Phi) is 1.95. The molecule has 10 heavy (non-hydrogen) atoms. The number of H-pyrrole nitrogens is 1. The molecule has 0 fully saturated rings. The zero-order valence-electron chi connectivity index (χ0n) is 6.57. The van der Waals surface area contributed by atoms with Crippen molar-refractivity contribution < 1.29 is 0 Å². The largest absolute Gasteiger partial charge is 0.362 e. The van der Waals surface area contributed by atoms with Gasteiger partial charge in [0.1, 0.15) is 0 Å². The lowest BCUT2D eigenvalue weighted by Crippen LogP contribution is -2.22. The highest BCUT2D eigenvalue weighted by Gasteiger charge is 1.87. The zero-order chi connectivity index (χ0) is 7.56. The summed E-state index contributed by atoms with van der Waals surface area (Å²) in [5, 5.41) is 2.29. The average Bonchev–Trinajstić information content (AvgIpc) is 2.34. The number of rotatable bonds is 1. The van der Waals surface area contributed by atoms with Crippen LogP contribution >= 0.6 is 0 Å². The van der Waals surface area contributed by atoms with Crippen molar-refractivity contribution in [3.05, 3.63) is 22.8 Å². The molecule has 54 valence electrons. The van der Waals surface area contributed by atoms with Gasteiger partial charge in [0.2, 0.25) is 0 Å². The van der Waals surface area contributed by atoms with Crippen LogP contribution in [0, 0.1) is 0 Å². The van der Waals surface area contributed by atoms with Gasteiger partial charge in [-0.1, -0.05) is 19.1 Å². The van der Waals surface area contributed by atoms with E-state index in [1.165, 1.54) is 10.8 Å². The van der Waals surface area contributed by atoms with Crippen molar-refractivity contribution in [2.75, 3.05) is 0 Å². The number of hydrogen-bond acceptors (Lipinski definition) is 0. The van der Waals surface area contributed by atoms with Crippen molar-refractivity contribution in [3.63, 3.8) is 0 Å². The SMILES string of the molecule is C=c1[nH]cc/c1=C(\C)CC. The van der Waals surface area contributed by atoms with Gasteiger partial charge in [-0.25, -0.2) is 0 Å². The minimum atomic E-state index is 1.03. The molecule has 0 aromatic carbocycles. The second kappa shape index (κ2) is 2.74. The third-order valence-electron chi connectivity index (χ3n) is 1.82. The van der Waals surface area contributed by atoms with E-state index in [1.807, 2.05) is 6.20 Å². The molecular formula is C9H13N. The van der Waals surface area contributed by atoms with Crippen molar-refractivity contribution in [1.82, 2.24) is 4.98 Å². The van der Waals surface area contributed by atoms with E-state index in [4.69, 9.17) is 0 Å². The summed E-state index contributed by atoms with van der Waals surface area (Å²) in [6.45, 7) is 8.16. The van der Waals surface area contributed by atoms with Crippen LogP contribution in [0.3, 0.4) is 0 Å².